The Morgan fingerprint density at radius 3 is 2.12 bits per heavy atom. The third-order valence-corrected chi connectivity index (χ3v) is 9.99. The molecular formula is C32H56O8. The van der Waals surface area contributed by atoms with Gasteiger partial charge in [-0.1, -0.05) is 39.8 Å². The predicted molar refractivity (Wildman–Crippen MR) is 153 cm³/mol. The molecular weight excluding hydrogens is 512 g/mol. The van der Waals surface area contributed by atoms with E-state index in [9.17, 15) is 4.79 Å². The molecule has 0 amide bonds. The van der Waals surface area contributed by atoms with Gasteiger partial charge in [0.05, 0.1) is 44.6 Å². The quantitative estimate of drug-likeness (QED) is 0.0722. The number of carbonyl (C=O) groups excluding carboxylic acids is 1. The first kappa shape index (κ1) is 33.5. The van der Waals surface area contributed by atoms with E-state index < -0.39 is 0 Å². The largest absolute Gasteiger partial charge is 0.465 e. The van der Waals surface area contributed by atoms with E-state index in [1.54, 1.807) is 0 Å². The molecule has 232 valence electrons. The number of hydrogen-bond donors (Lipinski definition) is 1. The van der Waals surface area contributed by atoms with Gasteiger partial charge in [0.25, 0.3) is 0 Å². The zero-order valence-corrected chi connectivity index (χ0v) is 25.9. The van der Waals surface area contributed by atoms with E-state index in [2.05, 4.69) is 30.9 Å². The molecule has 8 nitrogen and oxygen atoms in total. The lowest BCUT2D eigenvalue weighted by Crippen LogP contribution is -2.39. The normalized spacial score (nSPS) is 30.7. The fourth-order valence-electron chi connectivity index (χ4n) is 6.92. The highest BCUT2D eigenvalue weighted by atomic mass is 17.2. The number of rotatable bonds is 15. The van der Waals surface area contributed by atoms with E-state index in [1.807, 2.05) is 27.7 Å². The lowest BCUT2D eigenvalue weighted by molar-refractivity contribution is -0.337. The van der Waals surface area contributed by atoms with Crippen LogP contribution in [0, 0.1) is 40.4 Å². The molecule has 3 atom stereocenters. The Morgan fingerprint density at radius 1 is 0.875 bits per heavy atom. The van der Waals surface area contributed by atoms with Crippen molar-refractivity contribution in [1.82, 2.24) is 0 Å². The van der Waals surface area contributed by atoms with Crippen molar-refractivity contribution >= 4 is 5.97 Å². The topological polar surface area (TPSA) is 92.7 Å². The van der Waals surface area contributed by atoms with Crippen LogP contribution in [0.1, 0.15) is 106 Å². The molecule has 0 aromatic carbocycles. The average Bonchev–Trinajstić information content (AvgIpc) is 2.96. The van der Waals surface area contributed by atoms with Gasteiger partial charge in [0, 0.05) is 11.3 Å². The number of allylic oxidation sites excluding steroid dienone is 2. The van der Waals surface area contributed by atoms with Crippen molar-refractivity contribution in [3.63, 3.8) is 0 Å². The van der Waals surface area contributed by atoms with E-state index in [0.717, 1.165) is 44.9 Å². The Balaban J connectivity index is 1.37. The molecule has 0 aromatic heterocycles. The van der Waals surface area contributed by atoms with Crippen LogP contribution in [-0.4, -0.2) is 49.9 Å². The second-order valence-corrected chi connectivity index (χ2v) is 13.8. The maximum Gasteiger partial charge on any atom is 0.309 e. The maximum absolute atomic E-state index is 12.9. The summed E-state index contributed by atoms with van der Waals surface area (Å²) >= 11 is 0. The first-order valence-corrected chi connectivity index (χ1v) is 15.7. The van der Waals surface area contributed by atoms with Gasteiger partial charge in [-0.15, -0.1) is 0 Å². The molecule has 3 aliphatic rings. The lowest BCUT2D eigenvalue weighted by Gasteiger charge is -2.47. The Kier molecular flexibility index (Phi) is 13.4. The van der Waals surface area contributed by atoms with Gasteiger partial charge < -0.3 is 4.74 Å². The zero-order valence-electron chi connectivity index (χ0n) is 25.9. The molecule has 8 heteroatoms. The minimum absolute atomic E-state index is 0.0460. The summed E-state index contributed by atoms with van der Waals surface area (Å²) in [6.45, 7) is 14.2. The van der Waals surface area contributed by atoms with Crippen LogP contribution in [-0.2, 0) is 34.0 Å². The molecule has 0 bridgehead atoms. The van der Waals surface area contributed by atoms with Crippen LogP contribution in [0.4, 0.5) is 0 Å². The van der Waals surface area contributed by atoms with E-state index >= 15 is 0 Å². The van der Waals surface area contributed by atoms with Gasteiger partial charge in [-0.05, 0) is 101 Å². The molecule has 0 radical (unpaired) electrons. The second-order valence-electron chi connectivity index (χ2n) is 13.8. The van der Waals surface area contributed by atoms with E-state index in [4.69, 9.17) is 29.5 Å². The Hall–Kier alpha value is -1.03. The Labute approximate surface area is 242 Å². The SMILES string of the molecule is CCOOCC(C)(C)COC(=O)C1CC=CCC1COOC1CCC(C(C)(C)C2CCC(C(C)OO)CC2)CC1. The summed E-state index contributed by atoms with van der Waals surface area (Å²) < 4.78 is 5.70. The van der Waals surface area contributed by atoms with Crippen molar-refractivity contribution in [1.29, 1.82) is 0 Å². The third-order valence-electron chi connectivity index (χ3n) is 9.99. The van der Waals surface area contributed by atoms with Gasteiger partial charge in [-0.3, -0.25) is 10.1 Å². The number of esters is 1. The standard InChI is InChI=1S/C32H56O8/c1-7-36-38-22-31(3,4)21-35-30(33)29-11-9-8-10-25(29)20-37-40-28-18-16-27(17-19-28)32(5,6)26-14-12-24(13-15-26)23(2)39-34/h8-9,23-29,34H,7,10-22H2,1-6H3. The maximum atomic E-state index is 12.9. The van der Waals surface area contributed by atoms with Gasteiger partial charge in [0.2, 0.25) is 0 Å². The number of ether oxygens (including phenoxy) is 1. The van der Waals surface area contributed by atoms with Gasteiger partial charge in [-0.2, -0.15) is 0 Å². The van der Waals surface area contributed by atoms with Crippen molar-refractivity contribution in [3.05, 3.63) is 12.2 Å². The smallest absolute Gasteiger partial charge is 0.309 e. The fraction of sp³-hybridized carbons (Fsp3) is 0.906. The molecule has 40 heavy (non-hydrogen) atoms. The summed E-state index contributed by atoms with van der Waals surface area (Å²) in [5, 5.41) is 9.04. The fourth-order valence-corrected chi connectivity index (χ4v) is 6.92. The van der Waals surface area contributed by atoms with E-state index in [1.165, 1.54) is 12.8 Å². The van der Waals surface area contributed by atoms with Crippen molar-refractivity contribution in [3.8, 4) is 0 Å². The van der Waals surface area contributed by atoms with Crippen LogP contribution in [0.5, 0.6) is 0 Å². The average molecular weight is 569 g/mol. The highest BCUT2D eigenvalue weighted by Gasteiger charge is 2.41. The summed E-state index contributed by atoms with van der Waals surface area (Å²) in [6.07, 6.45) is 14.7. The van der Waals surface area contributed by atoms with Crippen LogP contribution < -0.4 is 0 Å². The van der Waals surface area contributed by atoms with Gasteiger partial charge in [0.1, 0.15) is 0 Å². The summed E-state index contributed by atoms with van der Waals surface area (Å²) in [5.41, 5.74) is -0.0312. The lowest BCUT2D eigenvalue weighted by atomic mass is 9.59. The highest BCUT2D eigenvalue weighted by Crippen LogP contribution is 2.49. The van der Waals surface area contributed by atoms with Crippen LogP contribution in [0.3, 0.4) is 0 Å². The molecule has 0 saturated heterocycles. The van der Waals surface area contributed by atoms with Crippen LogP contribution in [0.15, 0.2) is 12.2 Å². The predicted octanol–water partition coefficient (Wildman–Crippen LogP) is 7.32. The van der Waals surface area contributed by atoms with Crippen molar-refractivity contribution in [2.24, 2.45) is 40.4 Å². The van der Waals surface area contributed by atoms with E-state index in [0.29, 0.717) is 49.4 Å². The summed E-state index contributed by atoms with van der Waals surface area (Å²) in [4.78, 5) is 39.4. The van der Waals surface area contributed by atoms with Crippen LogP contribution in [0.25, 0.3) is 0 Å². The zero-order chi connectivity index (χ0) is 29.2. The molecule has 0 aliphatic heterocycles. The molecule has 2 fully saturated rings. The van der Waals surface area contributed by atoms with Gasteiger partial charge in [-0.25, -0.2) is 24.4 Å². The molecule has 1 N–H and O–H groups in total. The number of carbonyl (C=O) groups is 1. The number of hydrogen-bond acceptors (Lipinski definition) is 8. The molecule has 0 heterocycles. The van der Waals surface area contributed by atoms with E-state index in [-0.39, 0.29) is 42.0 Å². The molecule has 0 spiro atoms. The minimum atomic E-state index is -0.329. The van der Waals surface area contributed by atoms with Gasteiger partial charge >= 0.3 is 5.97 Å². The molecule has 3 aliphatic carbocycles. The Bertz CT molecular complexity index is 765. The summed E-state index contributed by atoms with van der Waals surface area (Å²) in [7, 11) is 0. The summed E-state index contributed by atoms with van der Waals surface area (Å²) in [5.74, 6) is 1.50. The first-order chi connectivity index (χ1) is 19.1. The van der Waals surface area contributed by atoms with Crippen LogP contribution in [0.2, 0.25) is 0 Å². The summed E-state index contributed by atoms with van der Waals surface area (Å²) in [6, 6.07) is 0. The van der Waals surface area contributed by atoms with Crippen molar-refractivity contribution in [2.45, 2.75) is 118 Å². The van der Waals surface area contributed by atoms with Crippen molar-refractivity contribution < 1.29 is 39.2 Å². The first-order valence-electron chi connectivity index (χ1n) is 15.7. The second kappa shape index (κ2) is 16.0. The molecule has 3 unspecified atom stereocenters. The van der Waals surface area contributed by atoms with Crippen LogP contribution >= 0.6 is 0 Å². The monoisotopic (exact) mass is 568 g/mol. The van der Waals surface area contributed by atoms with Gasteiger partial charge in [0.15, 0.2) is 0 Å². The highest BCUT2D eigenvalue weighted by molar-refractivity contribution is 5.73. The Morgan fingerprint density at radius 2 is 1.50 bits per heavy atom. The minimum Gasteiger partial charge on any atom is -0.465 e. The third kappa shape index (κ3) is 9.77. The molecule has 2 saturated carbocycles. The molecule has 3 rings (SSSR count). The molecule has 0 aromatic rings. The van der Waals surface area contributed by atoms with Crippen molar-refractivity contribution in [2.75, 3.05) is 26.4 Å².